The number of benzene rings is 1. The van der Waals surface area contributed by atoms with E-state index in [2.05, 4.69) is 27.7 Å². The lowest BCUT2D eigenvalue weighted by atomic mass is 10.0. The first-order chi connectivity index (χ1) is 12.4. The number of rotatable bonds is 8. The first-order valence-electron chi connectivity index (χ1n) is 8.73. The minimum Gasteiger partial charge on any atom is -0.352 e. The smallest absolute Gasteiger partial charge is 0.262 e. The Hall–Kier alpha value is -2.18. The van der Waals surface area contributed by atoms with E-state index in [0.29, 0.717) is 11.4 Å². The van der Waals surface area contributed by atoms with Gasteiger partial charge in [-0.3, -0.25) is 9.59 Å². The lowest BCUT2D eigenvalue weighted by Gasteiger charge is -2.27. The zero-order valence-electron chi connectivity index (χ0n) is 15.7. The molecule has 0 saturated heterocycles. The SMILES string of the molecule is CC(C)[C@H](NC(=O)c1cccs1)C(=O)NC[C@@H](c1ccccc1)N(C)C. The lowest BCUT2D eigenvalue weighted by Crippen LogP contribution is -2.50. The van der Waals surface area contributed by atoms with Gasteiger partial charge in [0, 0.05) is 6.54 Å². The number of nitrogens with one attached hydrogen (secondary N) is 2. The maximum atomic E-state index is 12.7. The molecule has 5 nitrogen and oxygen atoms in total. The Labute approximate surface area is 159 Å². The number of carbonyl (C=O) groups excluding carboxylic acids is 2. The highest BCUT2D eigenvalue weighted by atomic mass is 32.1. The minimum atomic E-state index is -0.566. The van der Waals surface area contributed by atoms with E-state index >= 15 is 0 Å². The van der Waals surface area contributed by atoms with Crippen molar-refractivity contribution in [2.75, 3.05) is 20.6 Å². The molecule has 1 aromatic heterocycles. The molecule has 0 aliphatic carbocycles. The van der Waals surface area contributed by atoms with Crippen LogP contribution in [0.3, 0.4) is 0 Å². The van der Waals surface area contributed by atoms with E-state index in [-0.39, 0.29) is 23.8 Å². The van der Waals surface area contributed by atoms with Crippen LogP contribution in [0.25, 0.3) is 0 Å². The fourth-order valence-electron chi connectivity index (χ4n) is 2.74. The Morgan fingerprint density at radius 3 is 2.31 bits per heavy atom. The van der Waals surface area contributed by atoms with E-state index in [1.165, 1.54) is 11.3 Å². The van der Waals surface area contributed by atoms with E-state index in [9.17, 15) is 9.59 Å². The van der Waals surface area contributed by atoms with Crippen LogP contribution in [-0.2, 0) is 4.79 Å². The van der Waals surface area contributed by atoms with Crippen molar-refractivity contribution in [2.24, 2.45) is 5.92 Å². The van der Waals surface area contributed by atoms with Crippen molar-refractivity contribution < 1.29 is 9.59 Å². The number of likely N-dealkylation sites (N-methyl/N-ethyl adjacent to an activating group) is 1. The second-order valence-corrected chi connectivity index (χ2v) is 7.76. The molecule has 0 saturated carbocycles. The van der Waals surface area contributed by atoms with Crippen molar-refractivity contribution in [1.82, 2.24) is 15.5 Å². The molecule has 0 radical (unpaired) electrons. The maximum absolute atomic E-state index is 12.7. The number of hydrogen-bond acceptors (Lipinski definition) is 4. The molecule has 2 amide bonds. The Morgan fingerprint density at radius 1 is 1.08 bits per heavy atom. The van der Waals surface area contributed by atoms with Crippen molar-refractivity contribution in [2.45, 2.75) is 25.9 Å². The molecular formula is C20H27N3O2S. The predicted molar refractivity (Wildman–Crippen MR) is 106 cm³/mol. The summed E-state index contributed by atoms with van der Waals surface area (Å²) in [5.41, 5.74) is 1.14. The molecule has 0 bridgehead atoms. The Morgan fingerprint density at radius 2 is 1.77 bits per heavy atom. The van der Waals surface area contributed by atoms with Crippen molar-refractivity contribution in [3.8, 4) is 0 Å². The molecule has 0 fully saturated rings. The average Bonchev–Trinajstić information content (AvgIpc) is 3.14. The molecule has 2 rings (SSSR count). The van der Waals surface area contributed by atoms with Crippen molar-refractivity contribution >= 4 is 23.2 Å². The van der Waals surface area contributed by atoms with Gasteiger partial charge in [0.1, 0.15) is 6.04 Å². The van der Waals surface area contributed by atoms with Gasteiger partial charge < -0.3 is 15.5 Å². The van der Waals surface area contributed by atoms with Crippen LogP contribution in [0, 0.1) is 5.92 Å². The van der Waals surface area contributed by atoms with Crippen LogP contribution in [0.2, 0.25) is 0 Å². The van der Waals surface area contributed by atoms with Gasteiger partial charge >= 0.3 is 0 Å². The van der Waals surface area contributed by atoms with Gasteiger partial charge in [0.15, 0.2) is 0 Å². The highest BCUT2D eigenvalue weighted by molar-refractivity contribution is 7.12. The fraction of sp³-hybridized carbons (Fsp3) is 0.400. The first-order valence-corrected chi connectivity index (χ1v) is 9.61. The van der Waals surface area contributed by atoms with Crippen LogP contribution in [0.5, 0.6) is 0 Å². The van der Waals surface area contributed by atoms with Gasteiger partial charge in [0.25, 0.3) is 5.91 Å². The lowest BCUT2D eigenvalue weighted by molar-refractivity contribution is -0.124. The number of amides is 2. The summed E-state index contributed by atoms with van der Waals surface area (Å²) in [5.74, 6) is -0.373. The molecule has 0 aliphatic rings. The number of hydrogen-bond donors (Lipinski definition) is 2. The van der Waals surface area contributed by atoms with Gasteiger partial charge in [-0.1, -0.05) is 50.2 Å². The van der Waals surface area contributed by atoms with E-state index in [1.54, 1.807) is 6.07 Å². The van der Waals surface area contributed by atoms with Gasteiger partial charge in [-0.2, -0.15) is 0 Å². The second kappa shape index (κ2) is 9.50. The fourth-order valence-corrected chi connectivity index (χ4v) is 3.36. The normalized spacial score (nSPS) is 13.5. The van der Waals surface area contributed by atoms with E-state index in [0.717, 1.165) is 5.56 Å². The summed E-state index contributed by atoms with van der Waals surface area (Å²) < 4.78 is 0. The van der Waals surface area contributed by atoms with Gasteiger partial charge in [-0.05, 0) is 37.0 Å². The van der Waals surface area contributed by atoms with E-state index in [4.69, 9.17) is 0 Å². The van der Waals surface area contributed by atoms with Crippen molar-refractivity contribution in [1.29, 1.82) is 0 Å². The number of nitrogens with zero attached hydrogens (tertiary/aromatic N) is 1. The molecular weight excluding hydrogens is 346 g/mol. The number of carbonyl (C=O) groups is 2. The third-order valence-electron chi connectivity index (χ3n) is 4.26. The van der Waals surface area contributed by atoms with Crippen molar-refractivity contribution in [3.63, 3.8) is 0 Å². The molecule has 0 aliphatic heterocycles. The third kappa shape index (κ3) is 5.41. The van der Waals surface area contributed by atoms with Gasteiger partial charge in [0.05, 0.1) is 10.9 Å². The Kier molecular flexibility index (Phi) is 7.36. The van der Waals surface area contributed by atoms with E-state index in [1.807, 2.05) is 57.6 Å². The Balaban J connectivity index is 2.01. The molecule has 0 unspecified atom stereocenters. The quantitative estimate of drug-likeness (QED) is 0.748. The molecule has 2 N–H and O–H groups in total. The summed E-state index contributed by atoms with van der Waals surface area (Å²) >= 11 is 1.37. The third-order valence-corrected chi connectivity index (χ3v) is 5.13. The summed E-state index contributed by atoms with van der Waals surface area (Å²) in [4.78, 5) is 27.7. The topological polar surface area (TPSA) is 61.4 Å². The molecule has 2 atom stereocenters. The Bertz CT molecular complexity index is 699. The molecule has 1 heterocycles. The summed E-state index contributed by atoms with van der Waals surface area (Å²) in [5, 5.41) is 7.71. The molecule has 2 aromatic rings. The molecule has 140 valence electrons. The van der Waals surface area contributed by atoms with Gasteiger partial charge in [-0.15, -0.1) is 11.3 Å². The second-order valence-electron chi connectivity index (χ2n) is 6.81. The first kappa shape index (κ1) is 20.1. The van der Waals surface area contributed by atoms with E-state index < -0.39 is 6.04 Å². The molecule has 6 heteroatoms. The summed E-state index contributed by atoms with van der Waals surface area (Å²) in [6.45, 7) is 4.34. The van der Waals surface area contributed by atoms with Crippen LogP contribution < -0.4 is 10.6 Å². The number of thiophene rings is 1. The highest BCUT2D eigenvalue weighted by Gasteiger charge is 2.26. The molecule has 0 spiro atoms. The largest absolute Gasteiger partial charge is 0.352 e. The summed E-state index contributed by atoms with van der Waals surface area (Å²) in [6.07, 6.45) is 0. The molecule has 26 heavy (non-hydrogen) atoms. The highest BCUT2D eigenvalue weighted by Crippen LogP contribution is 2.17. The zero-order chi connectivity index (χ0) is 19.1. The van der Waals surface area contributed by atoms with Crippen molar-refractivity contribution in [3.05, 3.63) is 58.3 Å². The maximum Gasteiger partial charge on any atom is 0.262 e. The average molecular weight is 374 g/mol. The van der Waals surface area contributed by atoms with Crippen LogP contribution in [-0.4, -0.2) is 43.4 Å². The summed E-state index contributed by atoms with van der Waals surface area (Å²) in [6, 6.07) is 13.1. The molecule has 1 aromatic carbocycles. The predicted octanol–water partition coefficient (Wildman–Crippen LogP) is 2.92. The van der Waals surface area contributed by atoms with Crippen LogP contribution in [0.15, 0.2) is 47.8 Å². The standard InChI is InChI=1S/C20H27N3O2S/c1-14(2)18(22-19(24)17-11-8-12-26-17)20(25)21-13-16(23(3)4)15-9-6-5-7-10-15/h5-12,14,16,18H,13H2,1-4H3,(H,21,25)(H,22,24)/t16-,18-/m0/s1. The van der Waals surface area contributed by atoms with Crippen LogP contribution >= 0.6 is 11.3 Å². The van der Waals surface area contributed by atoms with Gasteiger partial charge in [0.2, 0.25) is 5.91 Å². The van der Waals surface area contributed by atoms with Crippen LogP contribution in [0.1, 0.15) is 35.1 Å². The minimum absolute atomic E-state index is 0.00607. The zero-order valence-corrected chi connectivity index (χ0v) is 16.5. The van der Waals surface area contributed by atoms with Gasteiger partial charge in [-0.25, -0.2) is 0 Å². The van der Waals surface area contributed by atoms with Crippen LogP contribution in [0.4, 0.5) is 0 Å². The summed E-state index contributed by atoms with van der Waals surface area (Å²) in [7, 11) is 3.98. The monoisotopic (exact) mass is 373 g/mol.